The van der Waals surface area contributed by atoms with Gasteiger partial charge in [-0.1, -0.05) is 71.1 Å². The van der Waals surface area contributed by atoms with Crippen LogP contribution < -0.4 is 21.1 Å². The lowest BCUT2D eigenvalue weighted by molar-refractivity contribution is 0.256. The number of unbranched alkanes of at least 4 members (excludes halogenated alkanes) is 1. The minimum absolute atomic E-state index is 0.130. The van der Waals surface area contributed by atoms with Crippen molar-refractivity contribution in [3.05, 3.63) is 118 Å². The van der Waals surface area contributed by atoms with Crippen molar-refractivity contribution >= 4 is 28.4 Å². The number of urea groups is 1. The number of rotatable bonds is 11. The molecule has 8 heteroatoms. The van der Waals surface area contributed by atoms with Gasteiger partial charge in [0.15, 0.2) is 0 Å². The highest BCUT2D eigenvalue weighted by Crippen LogP contribution is 2.38. The molecule has 5 aromatic rings. The molecule has 0 fully saturated rings. The van der Waals surface area contributed by atoms with Crippen molar-refractivity contribution in [1.82, 2.24) is 20.3 Å². The molecule has 0 radical (unpaired) electrons. The van der Waals surface area contributed by atoms with E-state index < -0.39 is 0 Å². The molecule has 0 spiro atoms. The third-order valence-corrected chi connectivity index (χ3v) is 8.22. The largest absolute Gasteiger partial charge is 0.326 e. The van der Waals surface area contributed by atoms with E-state index in [1.165, 1.54) is 0 Å². The number of nitrogens with zero attached hydrogens (tertiary/aromatic N) is 3. The highest BCUT2D eigenvalue weighted by Gasteiger charge is 2.24. The third-order valence-electron chi connectivity index (χ3n) is 8.22. The van der Waals surface area contributed by atoms with Gasteiger partial charge in [0.25, 0.3) is 5.56 Å². The Morgan fingerprint density at radius 1 is 0.896 bits per heavy atom. The minimum atomic E-state index is -0.345. The number of fused-ring (bicyclic) bond motifs is 1. The average molecular weight is 641 g/mol. The quantitative estimate of drug-likeness (QED) is 0.0998. The lowest BCUT2D eigenvalue weighted by Gasteiger charge is -2.27. The molecule has 3 heterocycles. The minimum Gasteiger partial charge on any atom is -0.307 e. The Morgan fingerprint density at radius 3 is 2.38 bits per heavy atom. The van der Waals surface area contributed by atoms with Crippen molar-refractivity contribution in [2.75, 3.05) is 23.3 Å². The number of H-pyrrole nitrogens is 1. The van der Waals surface area contributed by atoms with Crippen molar-refractivity contribution in [3.63, 3.8) is 0 Å². The molecule has 3 aromatic heterocycles. The van der Waals surface area contributed by atoms with E-state index in [1.807, 2.05) is 42.5 Å². The Hall–Kier alpha value is -5.26. The second-order valence-corrected chi connectivity index (χ2v) is 12.5. The van der Waals surface area contributed by atoms with Crippen LogP contribution in [0.2, 0.25) is 0 Å². The van der Waals surface area contributed by atoms with Crippen LogP contribution in [0.15, 0.2) is 90.0 Å². The lowest BCUT2D eigenvalue weighted by Crippen LogP contribution is -2.39. The average Bonchev–Trinajstić information content (AvgIpc) is 3.08. The summed E-state index contributed by atoms with van der Waals surface area (Å²) in [5.41, 5.74) is 7.37. The molecule has 0 saturated heterocycles. The van der Waals surface area contributed by atoms with Gasteiger partial charge in [0, 0.05) is 42.1 Å². The number of aromatic nitrogens is 3. The van der Waals surface area contributed by atoms with E-state index in [1.54, 1.807) is 23.4 Å². The first-order chi connectivity index (χ1) is 23.2. The Balaban J connectivity index is 1.44. The van der Waals surface area contributed by atoms with Gasteiger partial charge in [0.1, 0.15) is 11.3 Å². The van der Waals surface area contributed by atoms with Gasteiger partial charge < -0.3 is 15.6 Å². The number of carbonyl (C=O) groups is 1. The van der Waals surface area contributed by atoms with E-state index in [-0.39, 0.29) is 23.4 Å². The molecule has 0 saturated carbocycles. The van der Waals surface area contributed by atoms with Gasteiger partial charge in [-0.25, -0.2) is 9.78 Å². The molecule has 2 amide bonds. The number of nitrogens with one attached hydrogen (secondary N) is 3. The van der Waals surface area contributed by atoms with E-state index in [0.29, 0.717) is 31.0 Å². The van der Waals surface area contributed by atoms with Crippen LogP contribution in [0, 0.1) is 11.8 Å². The summed E-state index contributed by atoms with van der Waals surface area (Å²) in [5, 5.41) is 7.34. The molecule has 2 aromatic carbocycles. The first-order valence-corrected chi connectivity index (χ1v) is 16.7. The van der Waals surface area contributed by atoms with Gasteiger partial charge in [-0.05, 0) is 95.1 Å². The molecule has 0 atom stereocenters. The molecule has 5 rings (SSSR count). The van der Waals surface area contributed by atoms with Crippen molar-refractivity contribution in [2.45, 2.75) is 65.8 Å². The van der Waals surface area contributed by atoms with Crippen LogP contribution in [-0.2, 0) is 6.54 Å². The number of pyridine rings is 3. The zero-order chi connectivity index (χ0) is 34.0. The van der Waals surface area contributed by atoms with Crippen LogP contribution in [0.5, 0.6) is 0 Å². The summed E-state index contributed by atoms with van der Waals surface area (Å²) in [6.07, 6.45) is 5.06. The number of benzene rings is 2. The number of carbonyl (C=O) groups excluding carboxylic acids is 1. The van der Waals surface area contributed by atoms with Gasteiger partial charge >= 0.3 is 6.03 Å². The SMILES string of the molecule is CCCCN(C(=O)Nc1c(C(C)C)cc(-c2cccc(C#CCNCc3ccccn3)c2)cc1C(C)C)c1cc2cccnc2[nH]c1=O. The predicted molar refractivity (Wildman–Crippen MR) is 197 cm³/mol. The molecule has 246 valence electrons. The molecule has 48 heavy (non-hydrogen) atoms. The van der Waals surface area contributed by atoms with Crippen LogP contribution in [0.25, 0.3) is 22.2 Å². The fraction of sp³-hybridized carbons (Fsp3) is 0.300. The Labute approximate surface area is 283 Å². The number of hydrogen-bond acceptors (Lipinski definition) is 5. The maximum atomic E-state index is 14.1. The van der Waals surface area contributed by atoms with Crippen molar-refractivity contribution in [2.24, 2.45) is 0 Å². The maximum absolute atomic E-state index is 14.1. The Morgan fingerprint density at radius 2 is 1.67 bits per heavy atom. The van der Waals surface area contributed by atoms with Crippen LogP contribution in [0.4, 0.5) is 16.2 Å². The first-order valence-electron chi connectivity index (χ1n) is 16.7. The molecule has 0 bridgehead atoms. The van der Waals surface area contributed by atoms with E-state index >= 15 is 0 Å². The van der Waals surface area contributed by atoms with E-state index in [9.17, 15) is 9.59 Å². The standard InChI is InChI=1S/C40H44N6O2/c1-6-7-21-46(36-25-31-16-12-20-43-38(31)45-39(36)47)40(48)44-37-34(27(2)3)23-32(24-35(37)28(4)5)30-15-10-13-29(22-30)14-11-18-41-26-33-17-8-9-19-42-33/h8-10,12-13,15-17,19-20,22-25,27-28,41H,6-7,18,21,26H2,1-5H3,(H,44,48)(H,43,45,47). The summed E-state index contributed by atoms with van der Waals surface area (Å²) in [5.74, 6) is 6.77. The van der Waals surface area contributed by atoms with Gasteiger partial charge in [-0.2, -0.15) is 0 Å². The van der Waals surface area contributed by atoms with E-state index in [4.69, 9.17) is 0 Å². The highest BCUT2D eigenvalue weighted by molar-refractivity contribution is 6.03. The Kier molecular flexibility index (Phi) is 11.4. The molecule has 0 aliphatic rings. The van der Waals surface area contributed by atoms with Crippen molar-refractivity contribution in [3.8, 4) is 23.0 Å². The first kappa shape index (κ1) is 34.1. The zero-order valence-corrected chi connectivity index (χ0v) is 28.4. The normalized spacial score (nSPS) is 11.1. The number of hydrogen-bond donors (Lipinski definition) is 3. The third kappa shape index (κ3) is 8.36. The molecule has 0 aliphatic carbocycles. The molecule has 8 nitrogen and oxygen atoms in total. The van der Waals surface area contributed by atoms with Gasteiger partial charge in [0.2, 0.25) is 0 Å². The van der Waals surface area contributed by atoms with Gasteiger partial charge in [-0.15, -0.1) is 0 Å². The van der Waals surface area contributed by atoms with Crippen LogP contribution in [0.1, 0.15) is 81.7 Å². The topological polar surface area (TPSA) is 103 Å². The Bertz CT molecular complexity index is 1960. The monoisotopic (exact) mass is 640 g/mol. The highest BCUT2D eigenvalue weighted by atomic mass is 16.2. The molecule has 0 unspecified atom stereocenters. The fourth-order valence-corrected chi connectivity index (χ4v) is 5.63. The van der Waals surface area contributed by atoms with E-state index in [0.717, 1.165) is 57.4 Å². The van der Waals surface area contributed by atoms with Gasteiger partial charge in [-0.3, -0.25) is 14.7 Å². The zero-order valence-electron chi connectivity index (χ0n) is 28.4. The number of aromatic amines is 1. The molecular formula is C40H44N6O2. The van der Waals surface area contributed by atoms with Crippen LogP contribution in [-0.4, -0.2) is 34.1 Å². The number of anilines is 2. The molecular weight excluding hydrogens is 596 g/mol. The predicted octanol–water partition coefficient (Wildman–Crippen LogP) is 8.21. The van der Waals surface area contributed by atoms with Crippen molar-refractivity contribution < 1.29 is 4.79 Å². The summed E-state index contributed by atoms with van der Waals surface area (Å²) in [6, 6.07) is 23.6. The van der Waals surface area contributed by atoms with E-state index in [2.05, 4.69) is 96.3 Å². The van der Waals surface area contributed by atoms with Gasteiger partial charge in [0.05, 0.1) is 12.2 Å². The van der Waals surface area contributed by atoms with Crippen LogP contribution in [0.3, 0.4) is 0 Å². The number of amides is 2. The summed E-state index contributed by atoms with van der Waals surface area (Å²) in [7, 11) is 0. The van der Waals surface area contributed by atoms with Crippen LogP contribution >= 0.6 is 0 Å². The maximum Gasteiger partial charge on any atom is 0.326 e. The second kappa shape index (κ2) is 16.0. The summed E-state index contributed by atoms with van der Waals surface area (Å²) >= 11 is 0. The summed E-state index contributed by atoms with van der Waals surface area (Å²) in [4.78, 5) is 40.3. The fourth-order valence-electron chi connectivity index (χ4n) is 5.63. The summed E-state index contributed by atoms with van der Waals surface area (Å²) in [6.45, 7) is 12.2. The van der Waals surface area contributed by atoms with Crippen molar-refractivity contribution in [1.29, 1.82) is 0 Å². The molecule has 3 N–H and O–H groups in total. The molecule has 0 aliphatic heterocycles. The second-order valence-electron chi connectivity index (χ2n) is 12.5. The lowest BCUT2D eigenvalue weighted by atomic mass is 9.88. The summed E-state index contributed by atoms with van der Waals surface area (Å²) < 4.78 is 0. The smallest absolute Gasteiger partial charge is 0.307 e.